The number of aromatic nitrogens is 8. The Kier molecular flexibility index (Phi) is 8.42. The zero-order valence-electron chi connectivity index (χ0n) is 19.6. The van der Waals surface area contributed by atoms with Gasteiger partial charge in [0.2, 0.25) is 10.3 Å². The number of hydrogen-bond donors (Lipinski definition) is 3. The molecule has 0 aliphatic heterocycles. The largest absolute Gasteiger partial charge is 0.411 e. The quantitative estimate of drug-likeness (QED) is 0.116. The Bertz CT molecular complexity index is 1320. The van der Waals surface area contributed by atoms with E-state index in [0.29, 0.717) is 39.0 Å². The Labute approximate surface area is 218 Å². The summed E-state index contributed by atoms with van der Waals surface area (Å²) in [5.74, 6) is 0.655. The number of benzene rings is 2. The maximum atomic E-state index is 9.55. The summed E-state index contributed by atoms with van der Waals surface area (Å²) in [7, 11) is 0. The van der Waals surface area contributed by atoms with E-state index in [1.54, 1.807) is 47.5 Å². The van der Waals surface area contributed by atoms with E-state index in [9.17, 15) is 5.21 Å². The molecule has 3 N–H and O–H groups in total. The van der Waals surface area contributed by atoms with Crippen molar-refractivity contribution in [3.05, 3.63) is 59.7 Å². The summed E-state index contributed by atoms with van der Waals surface area (Å²) in [5.41, 5.74) is 4.46. The minimum atomic E-state index is 0.328. The maximum Gasteiger partial charge on any atom is 0.214 e. The Morgan fingerprint density at radius 1 is 0.676 bits per heavy atom. The molecule has 0 unspecified atom stereocenters. The van der Waals surface area contributed by atoms with Crippen LogP contribution in [0.4, 0.5) is 0 Å². The maximum absolute atomic E-state index is 9.55. The molecule has 14 nitrogen and oxygen atoms in total. The van der Waals surface area contributed by atoms with Gasteiger partial charge in [0.25, 0.3) is 0 Å². The summed E-state index contributed by atoms with van der Waals surface area (Å²) in [6, 6.07) is 14.5. The molecule has 4 rings (SSSR count). The number of thioether (sulfide) groups is 2. The molecular formula is C21H21N11O3S2. The summed E-state index contributed by atoms with van der Waals surface area (Å²) < 4.78 is 3.13. The van der Waals surface area contributed by atoms with Crippen LogP contribution >= 0.6 is 23.5 Å². The van der Waals surface area contributed by atoms with Crippen LogP contribution in [0.3, 0.4) is 0 Å². The molecule has 0 spiro atoms. The van der Waals surface area contributed by atoms with Crippen molar-refractivity contribution in [1.29, 1.82) is 0 Å². The van der Waals surface area contributed by atoms with Gasteiger partial charge in [0, 0.05) is 11.5 Å². The number of hydrogen-bond acceptors (Lipinski definition) is 14. The predicted molar refractivity (Wildman–Crippen MR) is 137 cm³/mol. The second-order valence-corrected chi connectivity index (χ2v) is 9.34. The minimum absolute atomic E-state index is 0.328. The van der Waals surface area contributed by atoms with Crippen molar-refractivity contribution >= 4 is 40.7 Å². The number of rotatable bonds is 10. The highest BCUT2D eigenvalue weighted by Crippen LogP contribution is 2.22. The Morgan fingerprint density at radius 3 is 1.43 bits per heavy atom. The summed E-state index contributed by atoms with van der Waals surface area (Å²) >= 11 is 2.62. The lowest BCUT2D eigenvalue weighted by molar-refractivity contribution is 0.318. The first-order valence-corrected chi connectivity index (χ1v) is 12.6. The monoisotopic (exact) mass is 539 g/mol. The second kappa shape index (κ2) is 12.1. The van der Waals surface area contributed by atoms with E-state index in [-0.39, 0.29) is 0 Å². The van der Waals surface area contributed by atoms with E-state index < -0.39 is 0 Å². The summed E-state index contributed by atoms with van der Waals surface area (Å²) in [4.78, 5) is 0. The van der Waals surface area contributed by atoms with Gasteiger partial charge in [-0.15, -0.1) is 10.2 Å². The van der Waals surface area contributed by atoms with E-state index >= 15 is 0 Å². The van der Waals surface area contributed by atoms with E-state index in [2.05, 4.69) is 46.5 Å². The highest BCUT2D eigenvalue weighted by atomic mass is 32.2. The molecule has 0 radical (unpaired) electrons. The molecule has 0 bridgehead atoms. The molecular weight excluding hydrogens is 518 g/mol. The fourth-order valence-electron chi connectivity index (χ4n) is 3.06. The van der Waals surface area contributed by atoms with Crippen LogP contribution in [0.15, 0.2) is 74.3 Å². The van der Waals surface area contributed by atoms with Crippen LogP contribution in [-0.4, -0.2) is 84.7 Å². The SMILES string of the molecule is C/C(=N\O)c1ccc(-n2nnnc2SCC(CSc2nnnn2-c2ccc(/C(C)=N/O)cc2)=NO)cc1. The highest BCUT2D eigenvalue weighted by molar-refractivity contribution is 8.01. The summed E-state index contributed by atoms with van der Waals surface area (Å²) in [6.07, 6.45) is 0. The third kappa shape index (κ3) is 6.10. The van der Waals surface area contributed by atoms with Crippen molar-refractivity contribution in [2.45, 2.75) is 24.2 Å². The van der Waals surface area contributed by atoms with Crippen LogP contribution in [0.25, 0.3) is 11.4 Å². The van der Waals surface area contributed by atoms with E-state index in [0.717, 1.165) is 22.5 Å². The molecule has 0 saturated carbocycles. The number of tetrazole rings is 2. The van der Waals surface area contributed by atoms with Gasteiger partial charge in [-0.05, 0) is 70.1 Å². The van der Waals surface area contributed by atoms with Gasteiger partial charge in [-0.3, -0.25) is 0 Å². The van der Waals surface area contributed by atoms with Gasteiger partial charge in [0.05, 0.1) is 28.5 Å². The smallest absolute Gasteiger partial charge is 0.214 e. The molecule has 0 amide bonds. The van der Waals surface area contributed by atoms with Crippen molar-refractivity contribution in [1.82, 2.24) is 40.4 Å². The molecule has 2 aromatic carbocycles. The molecule has 190 valence electrons. The van der Waals surface area contributed by atoms with Crippen molar-refractivity contribution in [2.75, 3.05) is 11.5 Å². The topological polar surface area (TPSA) is 185 Å². The fourth-order valence-corrected chi connectivity index (χ4v) is 4.82. The number of nitrogens with zero attached hydrogens (tertiary/aromatic N) is 11. The first kappa shape index (κ1) is 25.8. The fraction of sp³-hybridized carbons (Fsp3) is 0.190. The first-order chi connectivity index (χ1) is 18.0. The van der Waals surface area contributed by atoms with Crippen LogP contribution < -0.4 is 0 Å². The zero-order valence-corrected chi connectivity index (χ0v) is 21.2. The standard InChI is InChI=1S/C21H21N11O3S2/c1-13(24-33)15-3-7-18(8-4-15)31-20(22-27-29-31)36-11-17(26-35)12-37-21-23-28-30-32(21)19-9-5-16(6-10-19)14(2)25-34/h3-10,33-35H,11-12H2,1-2H3/b24-13+,25-14+. The number of oxime groups is 3. The first-order valence-electron chi connectivity index (χ1n) is 10.6. The van der Waals surface area contributed by atoms with Crippen LogP contribution in [-0.2, 0) is 0 Å². The van der Waals surface area contributed by atoms with Crippen LogP contribution in [0.1, 0.15) is 25.0 Å². The summed E-state index contributed by atoms with van der Waals surface area (Å²) in [6.45, 7) is 3.40. The van der Waals surface area contributed by atoms with Gasteiger partial charge >= 0.3 is 0 Å². The average molecular weight is 540 g/mol. The van der Waals surface area contributed by atoms with Crippen molar-refractivity contribution < 1.29 is 15.6 Å². The van der Waals surface area contributed by atoms with Crippen molar-refractivity contribution in [3.63, 3.8) is 0 Å². The third-order valence-corrected chi connectivity index (χ3v) is 7.10. The summed E-state index contributed by atoms with van der Waals surface area (Å²) in [5, 5.41) is 61.9. The Balaban J connectivity index is 1.39. The Hall–Kier alpha value is -4.31. The van der Waals surface area contributed by atoms with E-state index in [1.807, 2.05) is 24.3 Å². The lowest BCUT2D eigenvalue weighted by atomic mass is 10.1. The van der Waals surface area contributed by atoms with Crippen molar-refractivity contribution in [3.8, 4) is 11.4 Å². The molecule has 4 aromatic rings. The van der Waals surface area contributed by atoms with Crippen molar-refractivity contribution in [2.24, 2.45) is 15.5 Å². The van der Waals surface area contributed by atoms with Crippen LogP contribution in [0.5, 0.6) is 0 Å². The van der Waals surface area contributed by atoms with Gasteiger partial charge in [-0.2, -0.15) is 9.36 Å². The molecule has 37 heavy (non-hydrogen) atoms. The molecule has 0 aliphatic rings. The minimum Gasteiger partial charge on any atom is -0.411 e. The predicted octanol–water partition coefficient (Wildman–Crippen LogP) is 2.75. The highest BCUT2D eigenvalue weighted by Gasteiger charge is 2.15. The molecule has 0 aliphatic carbocycles. The second-order valence-electron chi connectivity index (χ2n) is 7.45. The van der Waals surface area contributed by atoms with E-state index in [4.69, 9.17) is 10.4 Å². The molecule has 2 aromatic heterocycles. The molecule has 16 heteroatoms. The van der Waals surface area contributed by atoms with Gasteiger partial charge in [0.15, 0.2) is 0 Å². The molecule has 0 atom stereocenters. The van der Waals surface area contributed by atoms with Gasteiger partial charge < -0.3 is 15.6 Å². The molecule has 2 heterocycles. The Morgan fingerprint density at radius 2 is 1.08 bits per heavy atom. The third-order valence-electron chi connectivity index (χ3n) is 5.12. The molecule has 0 fully saturated rings. The van der Waals surface area contributed by atoms with Crippen LogP contribution in [0, 0.1) is 0 Å². The lowest BCUT2D eigenvalue weighted by Crippen LogP contribution is -2.09. The molecule has 0 saturated heterocycles. The van der Waals surface area contributed by atoms with Crippen LogP contribution in [0.2, 0.25) is 0 Å². The average Bonchev–Trinajstić information content (AvgIpc) is 3.62. The normalized spacial score (nSPS) is 12.1. The van der Waals surface area contributed by atoms with Gasteiger partial charge in [0.1, 0.15) is 0 Å². The zero-order chi connectivity index (χ0) is 26.2. The lowest BCUT2D eigenvalue weighted by Gasteiger charge is -2.07. The van der Waals surface area contributed by atoms with Gasteiger partial charge in [-0.25, -0.2) is 0 Å². The van der Waals surface area contributed by atoms with Gasteiger partial charge in [-0.1, -0.05) is 63.3 Å². The van der Waals surface area contributed by atoms with E-state index in [1.165, 1.54) is 23.5 Å².